The molecule has 0 bridgehead atoms. The van der Waals surface area contributed by atoms with Gasteiger partial charge in [-0.3, -0.25) is 5.10 Å². The lowest BCUT2D eigenvalue weighted by molar-refractivity contribution is 0.272. The van der Waals surface area contributed by atoms with E-state index in [0.29, 0.717) is 11.6 Å². The molecule has 1 aromatic heterocycles. The van der Waals surface area contributed by atoms with Crippen molar-refractivity contribution in [2.24, 2.45) is 0 Å². The summed E-state index contributed by atoms with van der Waals surface area (Å²) < 4.78 is 0. The monoisotopic (exact) mass is 221 g/mol. The third-order valence-corrected chi connectivity index (χ3v) is 2.77. The summed E-state index contributed by atoms with van der Waals surface area (Å²) >= 11 is 1.69. The number of benzene rings is 1. The Morgan fingerprint density at radius 3 is 2.60 bits per heavy atom. The quantitative estimate of drug-likeness (QED) is 0.774. The molecule has 0 radical (unpaired) electrons. The van der Waals surface area contributed by atoms with Crippen molar-refractivity contribution in [2.45, 2.75) is 11.5 Å². The Bertz CT molecular complexity index is 438. The molecule has 78 valence electrons. The van der Waals surface area contributed by atoms with E-state index in [1.807, 2.05) is 30.5 Å². The van der Waals surface area contributed by atoms with Gasteiger partial charge in [0.1, 0.15) is 6.61 Å². The highest BCUT2D eigenvalue weighted by atomic mass is 32.2. The Hall–Kier alpha value is -1.33. The molecule has 5 heteroatoms. The number of thioether (sulfide) groups is 1. The summed E-state index contributed by atoms with van der Waals surface area (Å²) in [5.41, 5.74) is 0.948. The highest BCUT2D eigenvalue weighted by molar-refractivity contribution is 7.98. The van der Waals surface area contributed by atoms with Crippen molar-refractivity contribution in [3.63, 3.8) is 0 Å². The Morgan fingerprint density at radius 2 is 2.07 bits per heavy atom. The van der Waals surface area contributed by atoms with E-state index < -0.39 is 0 Å². The van der Waals surface area contributed by atoms with Crippen molar-refractivity contribution >= 4 is 11.8 Å². The van der Waals surface area contributed by atoms with Crippen LogP contribution in [0.5, 0.6) is 0 Å². The summed E-state index contributed by atoms with van der Waals surface area (Å²) in [7, 11) is 0. The van der Waals surface area contributed by atoms with Gasteiger partial charge in [-0.2, -0.15) is 5.10 Å². The average molecular weight is 221 g/mol. The molecule has 0 spiro atoms. The number of hydrogen-bond acceptors (Lipinski definition) is 4. The van der Waals surface area contributed by atoms with Crippen molar-refractivity contribution in [3.05, 3.63) is 30.1 Å². The van der Waals surface area contributed by atoms with Crippen LogP contribution in [0.3, 0.4) is 0 Å². The number of H-pyrrole nitrogens is 1. The molecule has 2 rings (SSSR count). The van der Waals surface area contributed by atoms with E-state index in [1.54, 1.807) is 11.8 Å². The van der Waals surface area contributed by atoms with Gasteiger partial charge in [0.2, 0.25) is 0 Å². The van der Waals surface area contributed by atoms with Crippen LogP contribution in [0.4, 0.5) is 0 Å². The molecule has 0 aliphatic heterocycles. The van der Waals surface area contributed by atoms with Crippen LogP contribution in [0, 0.1) is 0 Å². The zero-order chi connectivity index (χ0) is 10.7. The molecule has 0 fully saturated rings. The van der Waals surface area contributed by atoms with Crippen molar-refractivity contribution in [1.29, 1.82) is 0 Å². The van der Waals surface area contributed by atoms with E-state index in [9.17, 15) is 0 Å². The summed E-state index contributed by atoms with van der Waals surface area (Å²) in [5.74, 6) is 1.10. The molecule has 2 aromatic rings. The summed E-state index contributed by atoms with van der Waals surface area (Å²) in [6.07, 6.45) is 2.03. The number of aliphatic hydroxyl groups excluding tert-OH is 1. The zero-order valence-corrected chi connectivity index (χ0v) is 9.08. The van der Waals surface area contributed by atoms with Crippen LogP contribution >= 0.6 is 11.8 Å². The third kappa shape index (κ3) is 2.19. The van der Waals surface area contributed by atoms with Gasteiger partial charge in [-0.1, -0.05) is 12.1 Å². The summed E-state index contributed by atoms with van der Waals surface area (Å²) in [6.45, 7) is -0.115. The lowest BCUT2D eigenvalue weighted by atomic mass is 10.2. The molecular formula is C10H11N3OS. The first kappa shape index (κ1) is 10.2. The van der Waals surface area contributed by atoms with Crippen LogP contribution in [-0.4, -0.2) is 26.5 Å². The molecule has 0 unspecified atom stereocenters. The van der Waals surface area contributed by atoms with Crippen LogP contribution in [0.1, 0.15) is 5.82 Å². The standard InChI is InChI=1S/C10H11N3OS/c1-15-8-4-2-7(3-5-8)10-11-9(6-14)12-13-10/h2-5,14H,6H2,1H3,(H,11,12,13). The first-order valence-electron chi connectivity index (χ1n) is 4.50. The first-order valence-corrected chi connectivity index (χ1v) is 5.72. The van der Waals surface area contributed by atoms with E-state index in [1.165, 1.54) is 4.90 Å². The largest absolute Gasteiger partial charge is 0.388 e. The van der Waals surface area contributed by atoms with Crippen LogP contribution in [-0.2, 0) is 6.61 Å². The molecular weight excluding hydrogens is 210 g/mol. The number of aliphatic hydroxyl groups is 1. The molecule has 4 nitrogen and oxygen atoms in total. The predicted octanol–water partition coefficient (Wildman–Crippen LogP) is 1.69. The van der Waals surface area contributed by atoms with Gasteiger partial charge in [0, 0.05) is 10.5 Å². The topological polar surface area (TPSA) is 61.8 Å². The SMILES string of the molecule is CSc1ccc(-c2n[nH]c(CO)n2)cc1. The Morgan fingerprint density at radius 1 is 1.33 bits per heavy atom. The Balaban J connectivity index is 2.28. The normalized spacial score (nSPS) is 10.5. The second-order valence-electron chi connectivity index (χ2n) is 2.99. The van der Waals surface area contributed by atoms with Crippen LogP contribution in [0.15, 0.2) is 29.2 Å². The van der Waals surface area contributed by atoms with Crippen LogP contribution in [0.25, 0.3) is 11.4 Å². The van der Waals surface area contributed by atoms with Gasteiger partial charge in [0.25, 0.3) is 0 Å². The van der Waals surface area contributed by atoms with Gasteiger partial charge in [0.05, 0.1) is 0 Å². The fourth-order valence-electron chi connectivity index (χ4n) is 1.24. The zero-order valence-electron chi connectivity index (χ0n) is 8.27. The molecule has 2 N–H and O–H groups in total. The number of aromatic nitrogens is 3. The van der Waals surface area contributed by atoms with E-state index >= 15 is 0 Å². The number of nitrogens with one attached hydrogen (secondary N) is 1. The Kier molecular flexibility index (Phi) is 3.03. The molecule has 0 aliphatic carbocycles. The maximum Gasteiger partial charge on any atom is 0.181 e. The van der Waals surface area contributed by atoms with Gasteiger partial charge in [0.15, 0.2) is 11.6 Å². The fraction of sp³-hybridized carbons (Fsp3) is 0.200. The maximum absolute atomic E-state index is 8.84. The van der Waals surface area contributed by atoms with E-state index in [4.69, 9.17) is 5.11 Å². The minimum absolute atomic E-state index is 0.115. The highest BCUT2D eigenvalue weighted by Gasteiger charge is 2.04. The highest BCUT2D eigenvalue weighted by Crippen LogP contribution is 2.20. The molecule has 1 heterocycles. The smallest absolute Gasteiger partial charge is 0.181 e. The molecule has 0 amide bonds. The lowest BCUT2D eigenvalue weighted by Gasteiger charge is -1.97. The van der Waals surface area contributed by atoms with Gasteiger partial charge in [-0.05, 0) is 18.4 Å². The lowest BCUT2D eigenvalue weighted by Crippen LogP contribution is -1.84. The second-order valence-corrected chi connectivity index (χ2v) is 3.87. The van der Waals surface area contributed by atoms with Gasteiger partial charge < -0.3 is 5.11 Å². The Labute approximate surface area is 91.8 Å². The first-order chi connectivity index (χ1) is 7.33. The van der Waals surface area contributed by atoms with Crippen molar-refractivity contribution in [3.8, 4) is 11.4 Å². The molecule has 0 atom stereocenters. The number of rotatable bonds is 3. The van der Waals surface area contributed by atoms with Crippen LogP contribution < -0.4 is 0 Å². The number of nitrogens with zero attached hydrogens (tertiary/aromatic N) is 2. The van der Waals surface area contributed by atoms with Gasteiger partial charge in [-0.25, -0.2) is 4.98 Å². The summed E-state index contributed by atoms with van der Waals surface area (Å²) in [6, 6.07) is 7.98. The number of aromatic amines is 1. The minimum Gasteiger partial charge on any atom is -0.388 e. The molecule has 15 heavy (non-hydrogen) atoms. The van der Waals surface area contributed by atoms with E-state index in [0.717, 1.165) is 5.56 Å². The fourth-order valence-corrected chi connectivity index (χ4v) is 1.64. The molecule has 0 saturated heterocycles. The molecule has 0 saturated carbocycles. The average Bonchev–Trinajstić information content (AvgIpc) is 2.78. The van der Waals surface area contributed by atoms with Gasteiger partial charge >= 0.3 is 0 Å². The van der Waals surface area contributed by atoms with Crippen molar-refractivity contribution in [2.75, 3.05) is 6.26 Å². The summed E-state index contributed by atoms with van der Waals surface area (Å²) in [5, 5.41) is 15.5. The van der Waals surface area contributed by atoms with Crippen molar-refractivity contribution < 1.29 is 5.11 Å². The third-order valence-electron chi connectivity index (χ3n) is 2.03. The van der Waals surface area contributed by atoms with Crippen LogP contribution in [0.2, 0.25) is 0 Å². The van der Waals surface area contributed by atoms with E-state index in [-0.39, 0.29) is 6.61 Å². The molecule has 1 aromatic carbocycles. The van der Waals surface area contributed by atoms with Crippen molar-refractivity contribution in [1.82, 2.24) is 15.2 Å². The number of hydrogen-bond donors (Lipinski definition) is 2. The van der Waals surface area contributed by atoms with E-state index in [2.05, 4.69) is 15.2 Å². The van der Waals surface area contributed by atoms with Gasteiger partial charge in [-0.15, -0.1) is 11.8 Å². The summed E-state index contributed by atoms with van der Waals surface area (Å²) in [4.78, 5) is 5.34. The molecule has 0 aliphatic rings. The second kappa shape index (κ2) is 4.46. The minimum atomic E-state index is -0.115. The maximum atomic E-state index is 8.84. The predicted molar refractivity (Wildman–Crippen MR) is 59.5 cm³/mol.